The minimum atomic E-state index is -0.214. The minimum absolute atomic E-state index is 0.0756. The van der Waals surface area contributed by atoms with Crippen LogP contribution in [-0.4, -0.2) is 40.6 Å². The monoisotopic (exact) mass is 485 g/mol. The lowest BCUT2D eigenvalue weighted by molar-refractivity contribution is -0.117. The molecule has 0 N–H and O–H groups in total. The molecule has 7 nitrogen and oxygen atoms in total. The van der Waals surface area contributed by atoms with E-state index in [1.165, 1.54) is 16.3 Å². The van der Waals surface area contributed by atoms with E-state index in [0.29, 0.717) is 46.0 Å². The number of benzene rings is 3. The van der Waals surface area contributed by atoms with Crippen molar-refractivity contribution in [1.29, 1.82) is 0 Å². The molecule has 0 atom stereocenters. The largest absolute Gasteiger partial charge is 0.497 e. The third kappa shape index (κ3) is 4.57. The van der Waals surface area contributed by atoms with Crippen molar-refractivity contribution in [3.05, 3.63) is 88.7 Å². The van der Waals surface area contributed by atoms with Gasteiger partial charge in [-0.05, 0) is 42.8 Å². The van der Waals surface area contributed by atoms with Gasteiger partial charge in [-0.1, -0.05) is 42.1 Å². The topological polar surface area (TPSA) is 81.5 Å². The van der Waals surface area contributed by atoms with E-state index in [4.69, 9.17) is 9.72 Å². The second-order valence-corrected chi connectivity index (χ2v) is 9.11. The van der Waals surface area contributed by atoms with Crippen LogP contribution in [0.1, 0.15) is 23.2 Å². The maximum absolute atomic E-state index is 13.4. The van der Waals surface area contributed by atoms with Gasteiger partial charge in [0.2, 0.25) is 5.91 Å². The van der Waals surface area contributed by atoms with E-state index < -0.39 is 0 Å². The van der Waals surface area contributed by atoms with Gasteiger partial charge >= 0.3 is 0 Å². The van der Waals surface area contributed by atoms with Crippen LogP contribution in [0.25, 0.3) is 16.6 Å². The molecule has 5 rings (SSSR count). The number of nitrogens with zero attached hydrogens (tertiary/aromatic N) is 3. The number of carbonyl (C=O) groups is 2. The molecule has 1 saturated heterocycles. The fourth-order valence-corrected chi connectivity index (χ4v) is 5.08. The van der Waals surface area contributed by atoms with Crippen LogP contribution >= 0.6 is 11.8 Å². The van der Waals surface area contributed by atoms with Crippen molar-refractivity contribution in [2.45, 2.75) is 18.0 Å². The first kappa shape index (κ1) is 22.9. The van der Waals surface area contributed by atoms with Crippen molar-refractivity contribution in [2.24, 2.45) is 0 Å². The van der Waals surface area contributed by atoms with Gasteiger partial charge in [-0.25, -0.2) is 4.98 Å². The Kier molecular flexibility index (Phi) is 6.37. The Morgan fingerprint density at radius 3 is 2.60 bits per heavy atom. The number of aromatic nitrogens is 2. The molecule has 35 heavy (non-hydrogen) atoms. The summed E-state index contributed by atoms with van der Waals surface area (Å²) < 4.78 is 6.85. The first-order valence-electron chi connectivity index (χ1n) is 11.3. The first-order valence-corrected chi connectivity index (χ1v) is 12.3. The molecule has 0 bridgehead atoms. The summed E-state index contributed by atoms with van der Waals surface area (Å²) in [6.45, 7) is 0.666. The normalized spacial score (nSPS) is 13.4. The maximum Gasteiger partial charge on any atom is 0.266 e. The highest BCUT2D eigenvalue weighted by atomic mass is 32.2. The second kappa shape index (κ2) is 9.76. The summed E-state index contributed by atoms with van der Waals surface area (Å²) in [6, 6.07) is 21.5. The first-order chi connectivity index (χ1) is 17.0. The van der Waals surface area contributed by atoms with Gasteiger partial charge in [0.05, 0.1) is 29.5 Å². The predicted molar refractivity (Wildman–Crippen MR) is 137 cm³/mol. The lowest BCUT2D eigenvalue weighted by Gasteiger charge is -2.16. The average molecular weight is 486 g/mol. The van der Waals surface area contributed by atoms with E-state index in [9.17, 15) is 14.4 Å². The van der Waals surface area contributed by atoms with Crippen LogP contribution in [0.3, 0.4) is 0 Å². The quantitative estimate of drug-likeness (QED) is 0.218. The van der Waals surface area contributed by atoms with Crippen LogP contribution in [-0.2, 0) is 4.79 Å². The smallest absolute Gasteiger partial charge is 0.266 e. The maximum atomic E-state index is 13.4. The molecular formula is C27H23N3O4S. The van der Waals surface area contributed by atoms with Crippen molar-refractivity contribution >= 4 is 40.0 Å². The number of Topliss-reactive ketones (excluding diaryl/α,β-unsaturated/α-hetero) is 1. The van der Waals surface area contributed by atoms with Gasteiger partial charge < -0.3 is 9.64 Å². The molecule has 2 heterocycles. The van der Waals surface area contributed by atoms with E-state index in [2.05, 4.69) is 0 Å². The van der Waals surface area contributed by atoms with Crippen LogP contribution in [0.5, 0.6) is 5.75 Å². The molecular weight excluding hydrogens is 462 g/mol. The Bertz CT molecular complexity index is 1500. The number of ketones is 1. The van der Waals surface area contributed by atoms with Crippen molar-refractivity contribution in [3.63, 3.8) is 0 Å². The summed E-state index contributed by atoms with van der Waals surface area (Å²) in [6.07, 6.45) is 1.35. The van der Waals surface area contributed by atoms with Gasteiger partial charge in [-0.15, -0.1) is 0 Å². The van der Waals surface area contributed by atoms with E-state index >= 15 is 0 Å². The van der Waals surface area contributed by atoms with Gasteiger partial charge in [-0.3, -0.25) is 19.0 Å². The van der Waals surface area contributed by atoms with Gasteiger partial charge in [0.25, 0.3) is 5.56 Å². The Hall–Kier alpha value is -3.91. The fraction of sp³-hybridized carbons (Fsp3) is 0.185. The number of rotatable bonds is 7. The highest BCUT2D eigenvalue weighted by Crippen LogP contribution is 2.26. The molecule has 0 radical (unpaired) electrons. The third-order valence-corrected chi connectivity index (χ3v) is 6.88. The summed E-state index contributed by atoms with van der Waals surface area (Å²) in [5, 5.41) is 0.912. The van der Waals surface area contributed by atoms with Crippen LogP contribution in [0.2, 0.25) is 0 Å². The lowest BCUT2D eigenvalue weighted by atomic mass is 10.1. The zero-order valence-electron chi connectivity index (χ0n) is 19.1. The summed E-state index contributed by atoms with van der Waals surface area (Å²) in [4.78, 5) is 45.1. The zero-order valence-corrected chi connectivity index (χ0v) is 20.0. The Morgan fingerprint density at radius 2 is 1.80 bits per heavy atom. The van der Waals surface area contributed by atoms with E-state index in [0.717, 1.165) is 12.1 Å². The minimum Gasteiger partial charge on any atom is -0.497 e. The lowest BCUT2D eigenvalue weighted by Crippen LogP contribution is -2.24. The molecule has 0 spiro atoms. The van der Waals surface area contributed by atoms with Crippen molar-refractivity contribution in [1.82, 2.24) is 9.55 Å². The van der Waals surface area contributed by atoms with Gasteiger partial charge in [0.1, 0.15) is 5.75 Å². The van der Waals surface area contributed by atoms with E-state index in [1.807, 2.05) is 18.2 Å². The molecule has 1 fully saturated rings. The molecule has 1 aromatic heterocycles. The van der Waals surface area contributed by atoms with Crippen LogP contribution in [0, 0.1) is 0 Å². The summed E-state index contributed by atoms with van der Waals surface area (Å²) in [5.41, 5.74) is 2.22. The Labute approximate surface area is 206 Å². The molecule has 0 aliphatic carbocycles. The number of anilines is 1. The SMILES string of the molecule is COc1cccc(-n2c(SCC(=O)c3cccc(N4CCCC4=O)c3)nc3ccccc3c2=O)c1. The standard InChI is InChI=1S/C27H23N3O4S/c1-34-21-10-5-9-20(16-21)30-26(33)22-11-2-3-12-23(22)28-27(30)35-17-24(31)18-7-4-8-19(15-18)29-14-6-13-25(29)32/h2-5,7-12,15-16H,6,13-14,17H2,1H3. The number of hydrogen-bond donors (Lipinski definition) is 0. The number of hydrogen-bond acceptors (Lipinski definition) is 6. The summed E-state index contributed by atoms with van der Waals surface area (Å²) >= 11 is 1.21. The summed E-state index contributed by atoms with van der Waals surface area (Å²) in [7, 11) is 1.57. The second-order valence-electron chi connectivity index (χ2n) is 8.16. The van der Waals surface area contributed by atoms with E-state index in [-0.39, 0.29) is 23.0 Å². The number of fused-ring (bicyclic) bond motifs is 1. The predicted octanol–water partition coefficient (Wildman–Crippen LogP) is 4.50. The molecule has 1 aliphatic heterocycles. The highest BCUT2D eigenvalue weighted by Gasteiger charge is 2.22. The van der Waals surface area contributed by atoms with Gasteiger partial charge in [0, 0.05) is 30.3 Å². The number of methoxy groups -OCH3 is 1. The molecule has 8 heteroatoms. The molecule has 1 aliphatic rings. The summed E-state index contributed by atoms with van der Waals surface area (Å²) in [5.74, 6) is 0.671. The number of ether oxygens (including phenoxy) is 1. The molecule has 4 aromatic rings. The molecule has 1 amide bonds. The number of para-hydroxylation sites is 1. The van der Waals surface area contributed by atoms with Crippen molar-refractivity contribution in [2.75, 3.05) is 24.3 Å². The molecule has 0 saturated carbocycles. The van der Waals surface area contributed by atoms with Crippen LogP contribution in [0.4, 0.5) is 5.69 Å². The Morgan fingerprint density at radius 1 is 1.00 bits per heavy atom. The van der Waals surface area contributed by atoms with Gasteiger partial charge in [-0.2, -0.15) is 0 Å². The number of carbonyl (C=O) groups excluding carboxylic acids is 2. The number of thioether (sulfide) groups is 1. The fourth-order valence-electron chi connectivity index (χ4n) is 4.17. The van der Waals surface area contributed by atoms with Crippen LogP contribution in [0.15, 0.2) is 82.7 Å². The highest BCUT2D eigenvalue weighted by molar-refractivity contribution is 7.99. The van der Waals surface area contributed by atoms with Crippen molar-refractivity contribution < 1.29 is 14.3 Å². The third-order valence-electron chi connectivity index (χ3n) is 5.94. The average Bonchev–Trinajstić information content (AvgIpc) is 3.33. The molecule has 0 unspecified atom stereocenters. The van der Waals surface area contributed by atoms with E-state index in [1.54, 1.807) is 66.6 Å². The Balaban J connectivity index is 1.48. The van der Waals surface area contributed by atoms with Gasteiger partial charge in [0.15, 0.2) is 10.9 Å². The van der Waals surface area contributed by atoms with Crippen molar-refractivity contribution in [3.8, 4) is 11.4 Å². The van der Waals surface area contributed by atoms with Crippen LogP contribution < -0.4 is 15.2 Å². The number of amides is 1. The molecule has 3 aromatic carbocycles. The molecule has 176 valence electrons. The zero-order chi connectivity index (χ0) is 24.4.